The van der Waals surface area contributed by atoms with Crippen LogP contribution in [0.4, 0.5) is 0 Å². The quantitative estimate of drug-likeness (QED) is 0.640. The van der Waals surface area contributed by atoms with Crippen LogP contribution in [0.25, 0.3) is 0 Å². The molecule has 0 aliphatic carbocycles. The van der Waals surface area contributed by atoms with Crippen molar-refractivity contribution in [2.24, 2.45) is 10.7 Å². The second kappa shape index (κ2) is 4.37. The molecule has 0 atom stereocenters. The van der Waals surface area contributed by atoms with Crippen molar-refractivity contribution in [3.05, 3.63) is 11.8 Å². The van der Waals surface area contributed by atoms with E-state index in [2.05, 4.69) is 15.2 Å². The van der Waals surface area contributed by atoms with E-state index in [-0.39, 0.29) is 5.54 Å². The first-order chi connectivity index (χ1) is 8.71. The molecule has 0 unspecified atom stereocenters. The summed E-state index contributed by atoms with van der Waals surface area (Å²) in [4.78, 5) is 18.0. The van der Waals surface area contributed by atoms with Crippen LogP contribution in [0, 0.1) is 0 Å². The Bertz CT molecular complexity index is 418. The van der Waals surface area contributed by atoms with E-state index in [4.69, 9.17) is 10.5 Å². The average molecular weight is 250 g/mol. The van der Waals surface area contributed by atoms with Crippen LogP contribution in [0.1, 0.15) is 12.8 Å². The molecule has 1 amide bonds. The van der Waals surface area contributed by atoms with Crippen molar-refractivity contribution in [1.82, 2.24) is 10.2 Å². The van der Waals surface area contributed by atoms with E-state index in [9.17, 15) is 4.79 Å². The molecule has 0 aromatic rings. The molecule has 2 fully saturated rings. The number of hydrogen-bond donors (Lipinski definition) is 2. The lowest BCUT2D eigenvalue weighted by Crippen LogP contribution is -2.66. The Morgan fingerprint density at radius 3 is 3.00 bits per heavy atom. The summed E-state index contributed by atoms with van der Waals surface area (Å²) in [6.45, 7) is 4.05. The molecule has 6 nitrogen and oxygen atoms in total. The lowest BCUT2D eigenvalue weighted by Gasteiger charge is -2.48. The molecule has 3 heterocycles. The van der Waals surface area contributed by atoms with Gasteiger partial charge in [0, 0.05) is 32.8 Å². The fraction of sp³-hybridized carbons (Fsp3) is 0.667. The smallest absolute Gasteiger partial charge is 0.267 e. The molecule has 1 spiro atoms. The SMILES string of the molecule is NC(=O)C1=CCN2CCNC3(CCOCC3)C2=N1. The van der Waals surface area contributed by atoms with Gasteiger partial charge in [-0.05, 0) is 18.9 Å². The molecule has 3 aliphatic rings. The van der Waals surface area contributed by atoms with Gasteiger partial charge in [0.05, 0.1) is 5.54 Å². The maximum Gasteiger partial charge on any atom is 0.267 e. The number of amides is 1. The topological polar surface area (TPSA) is 80.0 Å². The first kappa shape index (κ1) is 11.7. The third-order valence-electron chi connectivity index (χ3n) is 3.90. The van der Waals surface area contributed by atoms with Crippen molar-refractivity contribution in [1.29, 1.82) is 0 Å². The molecule has 3 rings (SSSR count). The number of nitrogens with one attached hydrogen (secondary N) is 1. The Morgan fingerprint density at radius 1 is 1.50 bits per heavy atom. The molecule has 3 N–H and O–H groups in total. The second-order valence-corrected chi connectivity index (χ2v) is 4.96. The van der Waals surface area contributed by atoms with Crippen molar-refractivity contribution in [2.75, 3.05) is 32.8 Å². The van der Waals surface area contributed by atoms with Gasteiger partial charge in [-0.25, -0.2) is 4.99 Å². The standard InChI is InChI=1S/C12H18N4O2/c13-10(17)9-1-5-16-6-4-14-12(11(16)15-9)2-7-18-8-3-12/h1,14H,2-8H2,(H2,13,17). The molecule has 0 aromatic carbocycles. The highest BCUT2D eigenvalue weighted by Crippen LogP contribution is 2.29. The van der Waals surface area contributed by atoms with Gasteiger partial charge in [-0.3, -0.25) is 4.79 Å². The molecule has 18 heavy (non-hydrogen) atoms. The van der Waals surface area contributed by atoms with Gasteiger partial charge in [-0.15, -0.1) is 0 Å². The van der Waals surface area contributed by atoms with Crippen molar-refractivity contribution >= 4 is 11.7 Å². The van der Waals surface area contributed by atoms with Gasteiger partial charge in [0.15, 0.2) is 0 Å². The Labute approximate surface area is 106 Å². The minimum atomic E-state index is -0.449. The van der Waals surface area contributed by atoms with Gasteiger partial charge in [-0.2, -0.15) is 0 Å². The van der Waals surface area contributed by atoms with E-state index in [0.29, 0.717) is 5.70 Å². The summed E-state index contributed by atoms with van der Waals surface area (Å²) in [5.74, 6) is 0.517. The van der Waals surface area contributed by atoms with Gasteiger partial charge in [0.25, 0.3) is 5.91 Å². The number of aliphatic imine (C=N–C) groups is 1. The zero-order chi connectivity index (χ0) is 12.6. The number of hydrogen-bond acceptors (Lipinski definition) is 5. The minimum absolute atomic E-state index is 0.133. The van der Waals surface area contributed by atoms with Gasteiger partial charge in [0.2, 0.25) is 0 Å². The van der Waals surface area contributed by atoms with Gasteiger partial charge < -0.3 is 20.7 Å². The van der Waals surface area contributed by atoms with E-state index in [1.54, 1.807) is 0 Å². The number of fused-ring (bicyclic) bond motifs is 2. The number of ether oxygens (including phenoxy) is 1. The zero-order valence-corrected chi connectivity index (χ0v) is 10.3. The van der Waals surface area contributed by atoms with Crippen LogP contribution in [-0.2, 0) is 9.53 Å². The van der Waals surface area contributed by atoms with Crippen LogP contribution in [0.5, 0.6) is 0 Å². The Kier molecular flexibility index (Phi) is 2.83. The third-order valence-corrected chi connectivity index (χ3v) is 3.90. The van der Waals surface area contributed by atoms with Crippen molar-refractivity contribution in [3.63, 3.8) is 0 Å². The maximum absolute atomic E-state index is 11.3. The van der Waals surface area contributed by atoms with Crippen molar-refractivity contribution in [3.8, 4) is 0 Å². The van der Waals surface area contributed by atoms with Gasteiger partial charge in [-0.1, -0.05) is 0 Å². The van der Waals surface area contributed by atoms with Crippen molar-refractivity contribution < 1.29 is 9.53 Å². The van der Waals surface area contributed by atoms with E-state index in [1.165, 1.54) is 0 Å². The summed E-state index contributed by atoms with van der Waals surface area (Å²) in [6, 6.07) is 0. The van der Waals surface area contributed by atoms with E-state index < -0.39 is 5.91 Å². The minimum Gasteiger partial charge on any atom is -0.381 e. The molecule has 0 bridgehead atoms. The van der Waals surface area contributed by atoms with Crippen LogP contribution in [0.2, 0.25) is 0 Å². The number of carbonyl (C=O) groups excluding carboxylic acids is 1. The van der Waals surface area contributed by atoms with Crippen LogP contribution >= 0.6 is 0 Å². The molecule has 0 radical (unpaired) electrons. The summed E-state index contributed by atoms with van der Waals surface area (Å²) in [7, 11) is 0. The summed E-state index contributed by atoms with van der Waals surface area (Å²) >= 11 is 0. The summed E-state index contributed by atoms with van der Waals surface area (Å²) in [5, 5.41) is 3.56. The normalized spacial score (nSPS) is 26.3. The predicted octanol–water partition coefficient (Wildman–Crippen LogP) is -0.778. The number of nitrogens with zero attached hydrogens (tertiary/aromatic N) is 2. The third kappa shape index (κ3) is 1.81. The maximum atomic E-state index is 11.3. The second-order valence-electron chi connectivity index (χ2n) is 4.96. The largest absolute Gasteiger partial charge is 0.381 e. The molecular weight excluding hydrogens is 232 g/mol. The lowest BCUT2D eigenvalue weighted by atomic mass is 9.85. The summed E-state index contributed by atoms with van der Waals surface area (Å²) < 4.78 is 5.43. The Balaban J connectivity index is 1.95. The fourth-order valence-corrected chi connectivity index (χ4v) is 2.91. The van der Waals surface area contributed by atoms with Crippen LogP contribution in [-0.4, -0.2) is 55.0 Å². The lowest BCUT2D eigenvalue weighted by molar-refractivity contribution is -0.114. The molecule has 6 heteroatoms. The van der Waals surface area contributed by atoms with E-state index in [1.807, 2.05) is 6.08 Å². The number of piperazine rings is 1. The highest BCUT2D eigenvalue weighted by atomic mass is 16.5. The summed E-state index contributed by atoms with van der Waals surface area (Å²) in [6.07, 6.45) is 3.60. The number of amidine groups is 1. The molecule has 98 valence electrons. The van der Waals surface area contributed by atoms with Gasteiger partial charge >= 0.3 is 0 Å². The predicted molar refractivity (Wildman–Crippen MR) is 67.1 cm³/mol. The van der Waals surface area contributed by atoms with Crippen LogP contribution in [0.3, 0.4) is 0 Å². The number of rotatable bonds is 1. The fourth-order valence-electron chi connectivity index (χ4n) is 2.91. The molecule has 2 saturated heterocycles. The van der Waals surface area contributed by atoms with Crippen LogP contribution in [0.15, 0.2) is 16.8 Å². The first-order valence-electron chi connectivity index (χ1n) is 6.38. The number of nitrogens with two attached hydrogens (primary N) is 1. The average Bonchev–Trinajstić information content (AvgIpc) is 2.40. The highest BCUT2D eigenvalue weighted by Gasteiger charge is 2.43. The van der Waals surface area contributed by atoms with Crippen molar-refractivity contribution in [2.45, 2.75) is 18.4 Å². The van der Waals surface area contributed by atoms with Crippen LogP contribution < -0.4 is 11.1 Å². The zero-order valence-electron chi connectivity index (χ0n) is 10.3. The Morgan fingerprint density at radius 2 is 2.28 bits per heavy atom. The van der Waals surface area contributed by atoms with E-state index in [0.717, 1.165) is 51.5 Å². The summed E-state index contributed by atoms with van der Waals surface area (Å²) in [5.41, 5.74) is 5.58. The highest BCUT2D eigenvalue weighted by molar-refractivity contribution is 6.00. The molecular formula is C12H18N4O2. The molecule has 0 saturated carbocycles. The number of primary amides is 1. The van der Waals surface area contributed by atoms with E-state index >= 15 is 0 Å². The molecule has 3 aliphatic heterocycles. The molecule has 0 aromatic heterocycles. The Hall–Kier alpha value is -1.40. The van der Waals surface area contributed by atoms with Gasteiger partial charge in [0.1, 0.15) is 11.5 Å². The monoisotopic (exact) mass is 250 g/mol. The first-order valence-corrected chi connectivity index (χ1v) is 6.38. The number of carbonyl (C=O) groups is 1.